The van der Waals surface area contributed by atoms with Crippen LogP contribution in [0.2, 0.25) is 0 Å². The Kier molecular flexibility index (Phi) is 4.08. The summed E-state index contributed by atoms with van der Waals surface area (Å²) in [6, 6.07) is 7.43. The van der Waals surface area contributed by atoms with Crippen LogP contribution in [0.25, 0.3) is 0 Å². The molecular formula is C15H19N3O2. The molecule has 5 nitrogen and oxygen atoms in total. The zero-order chi connectivity index (χ0) is 14.7. The van der Waals surface area contributed by atoms with E-state index in [1.165, 1.54) is 0 Å². The fourth-order valence-corrected chi connectivity index (χ4v) is 2.12. The topological polar surface area (TPSA) is 70.1 Å². The number of hydrogen-bond acceptors (Lipinski definition) is 4. The molecule has 0 amide bonds. The lowest BCUT2D eigenvalue weighted by Gasteiger charge is -2.11. The maximum Gasteiger partial charge on any atom is 0.189 e. The molecule has 0 unspecified atom stereocenters. The van der Waals surface area contributed by atoms with Crippen molar-refractivity contribution in [3.05, 3.63) is 41.7 Å². The number of nitrogen functional groups attached to an aromatic ring is 1. The van der Waals surface area contributed by atoms with Crippen molar-refractivity contribution in [1.29, 1.82) is 0 Å². The zero-order valence-electron chi connectivity index (χ0n) is 12.0. The van der Waals surface area contributed by atoms with E-state index in [0.29, 0.717) is 17.1 Å². The first-order valence-electron chi connectivity index (χ1n) is 6.52. The average Bonchev–Trinajstić information content (AvgIpc) is 2.82. The van der Waals surface area contributed by atoms with Gasteiger partial charge in [0.2, 0.25) is 0 Å². The van der Waals surface area contributed by atoms with Gasteiger partial charge in [0.25, 0.3) is 0 Å². The molecule has 2 rings (SSSR count). The third kappa shape index (κ3) is 2.82. The Morgan fingerprint density at radius 3 is 2.80 bits per heavy atom. The number of carbonyl (C=O) groups is 1. The number of nitrogens with two attached hydrogens (primary N) is 1. The normalized spacial score (nSPS) is 10.8. The van der Waals surface area contributed by atoms with Gasteiger partial charge in [-0.15, -0.1) is 0 Å². The van der Waals surface area contributed by atoms with Crippen molar-refractivity contribution in [3.8, 4) is 5.75 Å². The summed E-state index contributed by atoms with van der Waals surface area (Å²) in [6.45, 7) is 3.95. The van der Waals surface area contributed by atoms with E-state index in [1.807, 2.05) is 26.0 Å². The Hall–Kier alpha value is -2.30. The highest BCUT2D eigenvalue weighted by Crippen LogP contribution is 2.23. The van der Waals surface area contributed by atoms with Crippen LogP contribution in [0.15, 0.2) is 30.5 Å². The highest BCUT2D eigenvalue weighted by atomic mass is 16.5. The van der Waals surface area contributed by atoms with Crippen LogP contribution in [-0.2, 0) is 6.42 Å². The molecule has 0 fully saturated rings. The second-order valence-electron chi connectivity index (χ2n) is 4.94. The smallest absolute Gasteiger partial charge is 0.189 e. The average molecular weight is 273 g/mol. The van der Waals surface area contributed by atoms with Crippen molar-refractivity contribution in [2.45, 2.75) is 26.3 Å². The SMILES string of the molecule is COc1cnn(C(C)C)c1C(=O)Cc1cccc(N)c1. The quantitative estimate of drug-likeness (QED) is 0.671. The molecule has 0 aliphatic rings. The number of Topliss-reactive ketones (excluding diaryl/α,β-unsaturated/α-hetero) is 1. The van der Waals surface area contributed by atoms with Crippen molar-refractivity contribution >= 4 is 11.5 Å². The van der Waals surface area contributed by atoms with E-state index in [4.69, 9.17) is 10.5 Å². The lowest BCUT2D eigenvalue weighted by molar-refractivity contribution is 0.0977. The minimum absolute atomic E-state index is 0.0290. The van der Waals surface area contributed by atoms with E-state index in [9.17, 15) is 4.79 Å². The molecule has 2 aromatic rings. The molecule has 0 bridgehead atoms. The van der Waals surface area contributed by atoms with Crippen LogP contribution < -0.4 is 10.5 Å². The first kappa shape index (κ1) is 14.1. The Labute approximate surface area is 118 Å². The number of ether oxygens (including phenoxy) is 1. The second kappa shape index (κ2) is 5.77. The number of hydrogen-bond donors (Lipinski definition) is 1. The molecule has 0 spiro atoms. The van der Waals surface area contributed by atoms with Crippen LogP contribution in [0.1, 0.15) is 35.9 Å². The van der Waals surface area contributed by atoms with Crippen LogP contribution >= 0.6 is 0 Å². The van der Waals surface area contributed by atoms with Crippen LogP contribution in [0, 0.1) is 0 Å². The number of anilines is 1. The Morgan fingerprint density at radius 2 is 2.20 bits per heavy atom. The number of benzene rings is 1. The van der Waals surface area contributed by atoms with Gasteiger partial charge in [0, 0.05) is 18.2 Å². The predicted octanol–water partition coefficient (Wildman–Crippen LogP) is 2.48. The molecule has 0 atom stereocenters. The highest BCUT2D eigenvalue weighted by Gasteiger charge is 2.21. The highest BCUT2D eigenvalue weighted by molar-refractivity contribution is 5.98. The summed E-state index contributed by atoms with van der Waals surface area (Å²) in [7, 11) is 1.54. The third-order valence-corrected chi connectivity index (χ3v) is 3.05. The standard InChI is InChI=1S/C15H19N3O2/c1-10(2)18-15(14(20-3)9-17-18)13(19)8-11-5-4-6-12(16)7-11/h4-7,9-10H,8,16H2,1-3H3. The minimum atomic E-state index is -0.0290. The first-order valence-corrected chi connectivity index (χ1v) is 6.52. The fraction of sp³-hybridized carbons (Fsp3) is 0.333. The van der Waals surface area contributed by atoms with Gasteiger partial charge in [-0.05, 0) is 31.5 Å². The molecule has 20 heavy (non-hydrogen) atoms. The number of nitrogens with zero attached hydrogens (tertiary/aromatic N) is 2. The van der Waals surface area contributed by atoms with Crippen LogP contribution in [0.3, 0.4) is 0 Å². The van der Waals surface area contributed by atoms with E-state index in [0.717, 1.165) is 5.56 Å². The molecule has 2 N–H and O–H groups in total. The fourth-order valence-electron chi connectivity index (χ4n) is 2.12. The maximum absolute atomic E-state index is 12.5. The van der Waals surface area contributed by atoms with Gasteiger partial charge in [0.1, 0.15) is 5.69 Å². The monoisotopic (exact) mass is 273 g/mol. The minimum Gasteiger partial charge on any atom is -0.493 e. The Morgan fingerprint density at radius 1 is 1.45 bits per heavy atom. The van der Waals surface area contributed by atoms with Crippen LogP contribution in [-0.4, -0.2) is 22.7 Å². The van der Waals surface area contributed by atoms with E-state index in [-0.39, 0.29) is 18.2 Å². The van der Waals surface area contributed by atoms with Crippen LogP contribution in [0.5, 0.6) is 5.75 Å². The van der Waals surface area contributed by atoms with Gasteiger partial charge >= 0.3 is 0 Å². The number of rotatable bonds is 5. The number of methoxy groups -OCH3 is 1. The maximum atomic E-state index is 12.5. The van der Waals surface area contributed by atoms with E-state index < -0.39 is 0 Å². The lowest BCUT2D eigenvalue weighted by atomic mass is 10.1. The summed E-state index contributed by atoms with van der Waals surface area (Å²) in [6.07, 6.45) is 1.85. The van der Waals surface area contributed by atoms with E-state index >= 15 is 0 Å². The summed E-state index contributed by atoms with van der Waals surface area (Å²) in [5.74, 6) is 0.478. The van der Waals surface area contributed by atoms with Gasteiger partial charge in [0.15, 0.2) is 11.5 Å². The van der Waals surface area contributed by atoms with Gasteiger partial charge in [-0.2, -0.15) is 5.10 Å². The van der Waals surface area contributed by atoms with Gasteiger partial charge in [0.05, 0.1) is 13.3 Å². The first-order chi connectivity index (χ1) is 9.52. The van der Waals surface area contributed by atoms with Crippen molar-refractivity contribution in [2.24, 2.45) is 0 Å². The largest absolute Gasteiger partial charge is 0.493 e. The number of carbonyl (C=O) groups excluding carboxylic acids is 1. The van der Waals surface area contributed by atoms with E-state index in [1.54, 1.807) is 30.1 Å². The van der Waals surface area contributed by atoms with Gasteiger partial charge in [-0.1, -0.05) is 12.1 Å². The molecule has 1 aromatic carbocycles. The molecule has 0 aliphatic carbocycles. The van der Waals surface area contributed by atoms with Gasteiger partial charge in [-0.3, -0.25) is 9.48 Å². The van der Waals surface area contributed by atoms with Crippen molar-refractivity contribution in [2.75, 3.05) is 12.8 Å². The molecule has 106 valence electrons. The van der Waals surface area contributed by atoms with Crippen molar-refractivity contribution < 1.29 is 9.53 Å². The lowest BCUT2D eigenvalue weighted by Crippen LogP contribution is -2.15. The second-order valence-corrected chi connectivity index (χ2v) is 4.94. The van der Waals surface area contributed by atoms with Gasteiger partial charge < -0.3 is 10.5 Å². The number of aromatic nitrogens is 2. The molecule has 0 radical (unpaired) electrons. The predicted molar refractivity (Wildman–Crippen MR) is 78.1 cm³/mol. The summed E-state index contributed by atoms with van der Waals surface area (Å²) in [4.78, 5) is 12.5. The molecular weight excluding hydrogens is 254 g/mol. The molecule has 0 saturated carbocycles. The molecule has 0 aliphatic heterocycles. The molecule has 0 saturated heterocycles. The van der Waals surface area contributed by atoms with Crippen LogP contribution in [0.4, 0.5) is 5.69 Å². The van der Waals surface area contributed by atoms with E-state index in [2.05, 4.69) is 5.10 Å². The summed E-state index contributed by atoms with van der Waals surface area (Å²) in [5, 5.41) is 4.21. The van der Waals surface area contributed by atoms with Crippen molar-refractivity contribution in [1.82, 2.24) is 9.78 Å². The molecule has 1 heterocycles. The van der Waals surface area contributed by atoms with Crippen molar-refractivity contribution in [3.63, 3.8) is 0 Å². The summed E-state index contributed by atoms with van der Waals surface area (Å²) in [5.41, 5.74) is 7.77. The molecule has 1 aromatic heterocycles. The zero-order valence-corrected chi connectivity index (χ0v) is 12.0. The number of ketones is 1. The Balaban J connectivity index is 2.31. The molecule has 5 heteroatoms. The summed E-state index contributed by atoms with van der Waals surface area (Å²) >= 11 is 0. The summed E-state index contributed by atoms with van der Waals surface area (Å²) < 4.78 is 6.92. The van der Waals surface area contributed by atoms with Gasteiger partial charge in [-0.25, -0.2) is 0 Å². The Bertz CT molecular complexity index is 617. The third-order valence-electron chi connectivity index (χ3n) is 3.05.